The van der Waals surface area contributed by atoms with Gasteiger partial charge in [0.15, 0.2) is 0 Å². The lowest BCUT2D eigenvalue weighted by molar-refractivity contribution is -0.166. The first-order chi connectivity index (χ1) is 13.8. The maximum Gasteiger partial charge on any atom is 0.308 e. The van der Waals surface area contributed by atoms with Crippen LogP contribution in [0.15, 0.2) is 12.2 Å². The number of hydrogen-bond donors (Lipinski definition) is 1. The molecule has 0 amide bonds. The van der Waals surface area contributed by atoms with Crippen LogP contribution in [0.4, 0.5) is 0 Å². The molecule has 3 aliphatic rings. The fraction of sp³-hybridized carbons (Fsp3) is 0.833. The van der Waals surface area contributed by atoms with E-state index in [2.05, 4.69) is 26.0 Å². The van der Waals surface area contributed by atoms with Crippen LogP contribution in [0.3, 0.4) is 0 Å². The molecule has 0 aromatic rings. The smallest absolute Gasteiger partial charge is 0.308 e. The van der Waals surface area contributed by atoms with E-state index in [0.29, 0.717) is 36.0 Å². The van der Waals surface area contributed by atoms with E-state index in [1.54, 1.807) is 0 Å². The number of hydrogen-bond acceptors (Lipinski definition) is 5. The Morgan fingerprint density at radius 2 is 2.00 bits per heavy atom. The van der Waals surface area contributed by atoms with Crippen LogP contribution >= 0.6 is 0 Å². The lowest BCUT2D eigenvalue weighted by Gasteiger charge is -2.47. The average Bonchev–Trinajstić information content (AvgIpc) is 2.65. The van der Waals surface area contributed by atoms with Gasteiger partial charge in [-0.1, -0.05) is 39.8 Å². The normalized spacial score (nSPS) is 40.7. The van der Waals surface area contributed by atoms with Crippen molar-refractivity contribution in [3.05, 3.63) is 12.2 Å². The van der Waals surface area contributed by atoms with Crippen molar-refractivity contribution in [2.75, 3.05) is 0 Å². The second kappa shape index (κ2) is 9.63. The molecule has 3 rings (SSSR count). The molecule has 0 spiro atoms. The molecule has 9 atom stereocenters. The summed E-state index contributed by atoms with van der Waals surface area (Å²) < 4.78 is 11.6. The van der Waals surface area contributed by atoms with Crippen molar-refractivity contribution in [1.82, 2.24) is 0 Å². The van der Waals surface area contributed by atoms with Crippen LogP contribution in [0.5, 0.6) is 0 Å². The molecule has 0 aromatic carbocycles. The van der Waals surface area contributed by atoms with Gasteiger partial charge in [-0.05, 0) is 55.8 Å². The Balaban J connectivity index is 1.71. The number of aliphatic hydroxyl groups excluding tert-OH is 1. The van der Waals surface area contributed by atoms with Crippen molar-refractivity contribution >= 4 is 11.9 Å². The molecule has 5 nitrogen and oxygen atoms in total. The maximum atomic E-state index is 12.6. The molecule has 0 aromatic heterocycles. The summed E-state index contributed by atoms with van der Waals surface area (Å²) in [6, 6.07) is 0. The van der Waals surface area contributed by atoms with Gasteiger partial charge in [0.2, 0.25) is 0 Å². The molecule has 29 heavy (non-hydrogen) atoms. The average molecular weight is 407 g/mol. The van der Waals surface area contributed by atoms with Gasteiger partial charge in [0, 0.05) is 12.3 Å². The summed E-state index contributed by atoms with van der Waals surface area (Å²) in [6.07, 6.45) is 9.01. The second-order valence-corrected chi connectivity index (χ2v) is 9.79. The predicted octanol–water partition coefficient (Wildman–Crippen LogP) is 4.28. The number of esters is 2. The minimum atomic E-state index is -0.586. The van der Waals surface area contributed by atoms with Crippen LogP contribution in [0, 0.1) is 35.5 Å². The van der Waals surface area contributed by atoms with Crippen LogP contribution in [0.25, 0.3) is 0 Å². The number of carbonyl (C=O) groups excluding carboxylic acids is 2. The summed E-state index contributed by atoms with van der Waals surface area (Å²) in [6.45, 7) is 8.46. The molecule has 1 saturated heterocycles. The molecule has 2 fully saturated rings. The molecule has 1 N–H and O–H groups in total. The first-order valence-electron chi connectivity index (χ1n) is 11.5. The summed E-state index contributed by atoms with van der Waals surface area (Å²) in [5, 5.41) is 9.90. The van der Waals surface area contributed by atoms with E-state index in [4.69, 9.17) is 9.47 Å². The zero-order valence-corrected chi connectivity index (χ0v) is 18.4. The predicted molar refractivity (Wildman–Crippen MR) is 111 cm³/mol. The highest BCUT2D eigenvalue weighted by Gasteiger charge is 2.45. The van der Waals surface area contributed by atoms with Crippen molar-refractivity contribution < 1.29 is 24.2 Å². The Kier molecular flexibility index (Phi) is 7.42. The van der Waals surface area contributed by atoms with Gasteiger partial charge in [0.25, 0.3) is 0 Å². The zero-order chi connectivity index (χ0) is 21.1. The fourth-order valence-electron chi connectivity index (χ4n) is 5.59. The van der Waals surface area contributed by atoms with Gasteiger partial charge in [-0.25, -0.2) is 0 Å². The molecule has 1 saturated carbocycles. The highest BCUT2D eigenvalue weighted by molar-refractivity contribution is 5.72. The van der Waals surface area contributed by atoms with Crippen LogP contribution in [0.1, 0.15) is 72.6 Å². The zero-order valence-electron chi connectivity index (χ0n) is 18.4. The van der Waals surface area contributed by atoms with Gasteiger partial charge >= 0.3 is 11.9 Å². The molecule has 0 bridgehead atoms. The Labute approximate surface area is 175 Å². The van der Waals surface area contributed by atoms with Crippen molar-refractivity contribution in [1.29, 1.82) is 0 Å². The Hall–Kier alpha value is -1.36. The number of fused-ring (bicyclic) bond motifs is 1. The standard InChI is InChI=1S/C24H38O5/c1-5-15(3)24(27)29-21-11-14(2)10-17-7-6-16(4)20(23(17)21)9-8-19-12-18(25)13-22(26)28-19/h6-7,14-21,23,25H,5,8-13H2,1-4H3/t14-,15-,16-,17-,18+,19-,20-,21-,23-/m0/s1. The minimum absolute atomic E-state index is 0.0397. The number of cyclic esters (lactones) is 1. The van der Waals surface area contributed by atoms with Gasteiger partial charge in [-0.3, -0.25) is 9.59 Å². The van der Waals surface area contributed by atoms with Crippen molar-refractivity contribution in [2.45, 2.75) is 91.0 Å². The molecule has 2 aliphatic carbocycles. The highest BCUT2D eigenvalue weighted by Crippen LogP contribution is 2.48. The van der Waals surface area contributed by atoms with Crippen molar-refractivity contribution in [2.24, 2.45) is 35.5 Å². The number of carbonyl (C=O) groups is 2. The monoisotopic (exact) mass is 406 g/mol. The third kappa shape index (κ3) is 5.42. The quantitative estimate of drug-likeness (QED) is 0.527. The van der Waals surface area contributed by atoms with E-state index in [0.717, 1.165) is 32.1 Å². The molecular formula is C24H38O5. The van der Waals surface area contributed by atoms with E-state index < -0.39 is 6.10 Å². The summed E-state index contributed by atoms with van der Waals surface area (Å²) >= 11 is 0. The van der Waals surface area contributed by atoms with E-state index in [9.17, 15) is 14.7 Å². The van der Waals surface area contributed by atoms with E-state index >= 15 is 0 Å². The Morgan fingerprint density at radius 1 is 1.24 bits per heavy atom. The van der Waals surface area contributed by atoms with E-state index in [1.165, 1.54) is 0 Å². The largest absolute Gasteiger partial charge is 0.462 e. The summed E-state index contributed by atoms with van der Waals surface area (Å²) in [5.41, 5.74) is 0. The van der Waals surface area contributed by atoms with Gasteiger partial charge in [-0.2, -0.15) is 0 Å². The molecule has 0 radical (unpaired) electrons. The maximum absolute atomic E-state index is 12.6. The lowest BCUT2D eigenvalue weighted by atomic mass is 9.60. The Morgan fingerprint density at radius 3 is 2.69 bits per heavy atom. The van der Waals surface area contributed by atoms with E-state index in [-0.39, 0.29) is 36.5 Å². The minimum Gasteiger partial charge on any atom is -0.462 e. The van der Waals surface area contributed by atoms with Gasteiger partial charge in [-0.15, -0.1) is 0 Å². The van der Waals surface area contributed by atoms with Crippen molar-refractivity contribution in [3.63, 3.8) is 0 Å². The Bertz CT molecular complexity index is 614. The van der Waals surface area contributed by atoms with Crippen LogP contribution in [0.2, 0.25) is 0 Å². The molecular weight excluding hydrogens is 368 g/mol. The number of rotatable bonds is 6. The topological polar surface area (TPSA) is 72.8 Å². The van der Waals surface area contributed by atoms with E-state index in [1.807, 2.05) is 13.8 Å². The molecule has 1 heterocycles. The van der Waals surface area contributed by atoms with Gasteiger partial charge < -0.3 is 14.6 Å². The van der Waals surface area contributed by atoms with Gasteiger partial charge in [0.05, 0.1) is 18.4 Å². The fourth-order valence-corrected chi connectivity index (χ4v) is 5.59. The molecule has 5 heteroatoms. The van der Waals surface area contributed by atoms with Crippen LogP contribution in [-0.4, -0.2) is 35.4 Å². The molecule has 164 valence electrons. The number of allylic oxidation sites excluding steroid dienone is 2. The van der Waals surface area contributed by atoms with Crippen molar-refractivity contribution in [3.8, 4) is 0 Å². The second-order valence-electron chi connectivity index (χ2n) is 9.79. The number of aliphatic hydroxyl groups is 1. The first kappa shape index (κ1) is 22.3. The van der Waals surface area contributed by atoms with Crippen LogP contribution < -0.4 is 0 Å². The molecule has 1 aliphatic heterocycles. The molecule has 0 unspecified atom stereocenters. The first-order valence-corrected chi connectivity index (χ1v) is 11.5. The number of ether oxygens (including phenoxy) is 2. The summed E-state index contributed by atoms with van der Waals surface area (Å²) in [7, 11) is 0. The highest BCUT2D eigenvalue weighted by atomic mass is 16.5. The van der Waals surface area contributed by atoms with Gasteiger partial charge in [0.1, 0.15) is 12.2 Å². The summed E-state index contributed by atoms with van der Waals surface area (Å²) in [4.78, 5) is 24.2. The summed E-state index contributed by atoms with van der Waals surface area (Å²) in [5.74, 6) is 1.66. The third-order valence-corrected chi connectivity index (χ3v) is 7.40. The lowest BCUT2D eigenvalue weighted by Crippen LogP contribution is -2.46. The third-order valence-electron chi connectivity index (χ3n) is 7.40. The van der Waals surface area contributed by atoms with Crippen LogP contribution in [-0.2, 0) is 19.1 Å². The SMILES string of the molecule is CC[C@H](C)C(=O)O[C@H]1C[C@@H](C)C[C@@H]2C=C[C@H](C)[C@H](CC[C@H]3C[C@@H](O)CC(=O)O3)[C@@H]12.